The van der Waals surface area contributed by atoms with Crippen LogP contribution in [0, 0.1) is 0 Å². The van der Waals surface area contributed by atoms with Gasteiger partial charge < -0.3 is 15.2 Å². The molecule has 1 unspecified atom stereocenters. The standard InChI is InChI=1S/C12H17N5O2/c1-8(18-2)7-17-12(14-15-16-17)10-6-9(13)4-5-11(10)19-3/h4-6,8H,7,13H2,1-3H3. The second-order valence-corrected chi connectivity index (χ2v) is 4.19. The van der Waals surface area contributed by atoms with Gasteiger partial charge in [0.25, 0.3) is 0 Å². The highest BCUT2D eigenvalue weighted by Crippen LogP contribution is 2.29. The molecule has 0 fully saturated rings. The Hall–Kier alpha value is -2.15. The van der Waals surface area contributed by atoms with Crippen molar-refractivity contribution in [3.63, 3.8) is 0 Å². The summed E-state index contributed by atoms with van der Waals surface area (Å²) in [4.78, 5) is 0. The van der Waals surface area contributed by atoms with Gasteiger partial charge in [-0.05, 0) is 35.5 Å². The van der Waals surface area contributed by atoms with E-state index in [9.17, 15) is 0 Å². The van der Waals surface area contributed by atoms with Crippen molar-refractivity contribution in [3.05, 3.63) is 18.2 Å². The zero-order valence-corrected chi connectivity index (χ0v) is 11.2. The van der Waals surface area contributed by atoms with Crippen molar-refractivity contribution in [2.75, 3.05) is 20.0 Å². The van der Waals surface area contributed by atoms with Crippen LogP contribution < -0.4 is 10.5 Å². The number of anilines is 1. The predicted molar refractivity (Wildman–Crippen MR) is 70.7 cm³/mol. The fourth-order valence-corrected chi connectivity index (χ4v) is 1.74. The Morgan fingerprint density at radius 1 is 1.37 bits per heavy atom. The first-order valence-electron chi connectivity index (χ1n) is 5.88. The minimum Gasteiger partial charge on any atom is -0.496 e. The van der Waals surface area contributed by atoms with E-state index in [1.165, 1.54) is 0 Å². The first-order chi connectivity index (χ1) is 9.15. The summed E-state index contributed by atoms with van der Waals surface area (Å²) in [6.45, 7) is 2.50. The molecule has 0 aliphatic carbocycles. The number of hydrogen-bond donors (Lipinski definition) is 1. The number of hydrogen-bond acceptors (Lipinski definition) is 6. The number of aromatic nitrogens is 4. The van der Waals surface area contributed by atoms with E-state index in [1.54, 1.807) is 37.1 Å². The average Bonchev–Trinajstić information content (AvgIpc) is 2.86. The van der Waals surface area contributed by atoms with Gasteiger partial charge >= 0.3 is 0 Å². The number of methoxy groups -OCH3 is 2. The van der Waals surface area contributed by atoms with Crippen molar-refractivity contribution in [1.82, 2.24) is 20.2 Å². The summed E-state index contributed by atoms with van der Waals surface area (Å²) >= 11 is 0. The van der Waals surface area contributed by atoms with Gasteiger partial charge in [-0.2, -0.15) is 0 Å². The zero-order valence-electron chi connectivity index (χ0n) is 11.2. The molecule has 2 rings (SSSR count). The second-order valence-electron chi connectivity index (χ2n) is 4.19. The Balaban J connectivity index is 2.42. The maximum absolute atomic E-state index is 5.81. The smallest absolute Gasteiger partial charge is 0.185 e. The summed E-state index contributed by atoms with van der Waals surface area (Å²) in [5, 5.41) is 11.7. The number of benzene rings is 1. The summed E-state index contributed by atoms with van der Waals surface area (Å²) in [5.74, 6) is 1.28. The first kappa shape index (κ1) is 13.3. The molecule has 1 aromatic carbocycles. The third kappa shape index (κ3) is 2.82. The van der Waals surface area contributed by atoms with Crippen LogP contribution in [-0.2, 0) is 11.3 Å². The molecule has 2 N–H and O–H groups in total. The van der Waals surface area contributed by atoms with Crippen LogP contribution in [0.5, 0.6) is 5.75 Å². The van der Waals surface area contributed by atoms with E-state index in [-0.39, 0.29) is 6.10 Å². The summed E-state index contributed by atoms with van der Waals surface area (Å²) < 4.78 is 12.2. The van der Waals surface area contributed by atoms with Crippen LogP contribution in [0.4, 0.5) is 5.69 Å². The summed E-state index contributed by atoms with van der Waals surface area (Å²) in [7, 11) is 3.25. The van der Waals surface area contributed by atoms with Gasteiger partial charge in [-0.15, -0.1) is 5.10 Å². The van der Waals surface area contributed by atoms with E-state index in [4.69, 9.17) is 15.2 Å². The van der Waals surface area contributed by atoms with Gasteiger partial charge in [0.15, 0.2) is 5.82 Å². The van der Waals surface area contributed by atoms with Crippen molar-refractivity contribution in [2.24, 2.45) is 0 Å². The fraction of sp³-hybridized carbons (Fsp3) is 0.417. The number of ether oxygens (including phenoxy) is 2. The van der Waals surface area contributed by atoms with Crippen molar-refractivity contribution in [3.8, 4) is 17.1 Å². The van der Waals surface area contributed by atoms with Gasteiger partial charge in [0.05, 0.1) is 25.3 Å². The molecule has 1 atom stereocenters. The molecular weight excluding hydrogens is 246 g/mol. The molecule has 19 heavy (non-hydrogen) atoms. The molecule has 0 radical (unpaired) electrons. The van der Waals surface area contributed by atoms with Crippen LogP contribution >= 0.6 is 0 Å². The van der Waals surface area contributed by atoms with Crippen LogP contribution in [0.1, 0.15) is 6.92 Å². The van der Waals surface area contributed by atoms with Crippen LogP contribution in [0.15, 0.2) is 18.2 Å². The van der Waals surface area contributed by atoms with E-state index in [0.717, 1.165) is 5.56 Å². The normalized spacial score (nSPS) is 12.4. The van der Waals surface area contributed by atoms with Crippen LogP contribution in [-0.4, -0.2) is 40.5 Å². The molecule has 0 spiro atoms. The number of rotatable bonds is 5. The van der Waals surface area contributed by atoms with Gasteiger partial charge in [-0.25, -0.2) is 4.68 Å². The van der Waals surface area contributed by atoms with Gasteiger partial charge in [0.1, 0.15) is 5.75 Å². The highest BCUT2D eigenvalue weighted by molar-refractivity contribution is 5.68. The molecule has 0 aliphatic heterocycles. The molecule has 0 saturated heterocycles. The van der Waals surface area contributed by atoms with Gasteiger partial charge in [0, 0.05) is 12.8 Å². The molecule has 0 aliphatic rings. The highest BCUT2D eigenvalue weighted by atomic mass is 16.5. The third-order valence-electron chi connectivity index (χ3n) is 2.83. The van der Waals surface area contributed by atoms with Gasteiger partial charge in [-0.3, -0.25) is 0 Å². The summed E-state index contributed by atoms with van der Waals surface area (Å²) in [6, 6.07) is 5.36. The minimum absolute atomic E-state index is 0.00861. The molecule has 7 nitrogen and oxygen atoms in total. The Morgan fingerprint density at radius 3 is 2.84 bits per heavy atom. The Kier molecular flexibility index (Phi) is 3.96. The van der Waals surface area contributed by atoms with Crippen molar-refractivity contribution >= 4 is 5.69 Å². The first-order valence-corrected chi connectivity index (χ1v) is 5.88. The molecule has 7 heteroatoms. The zero-order chi connectivity index (χ0) is 13.8. The predicted octanol–water partition coefficient (Wildman–Crippen LogP) is 0.966. The maximum Gasteiger partial charge on any atom is 0.185 e. The molecule has 2 aromatic rings. The van der Waals surface area contributed by atoms with Gasteiger partial charge in [0.2, 0.25) is 0 Å². The van der Waals surface area contributed by atoms with Crippen LogP contribution in [0.25, 0.3) is 11.4 Å². The van der Waals surface area contributed by atoms with E-state index in [1.807, 2.05) is 6.92 Å². The largest absolute Gasteiger partial charge is 0.496 e. The Morgan fingerprint density at radius 2 is 2.16 bits per heavy atom. The fourth-order valence-electron chi connectivity index (χ4n) is 1.74. The lowest BCUT2D eigenvalue weighted by molar-refractivity contribution is 0.0997. The Labute approximate surface area is 111 Å². The van der Waals surface area contributed by atoms with E-state index in [2.05, 4.69) is 15.5 Å². The van der Waals surface area contributed by atoms with Crippen molar-refractivity contribution in [1.29, 1.82) is 0 Å². The van der Waals surface area contributed by atoms with E-state index >= 15 is 0 Å². The number of nitrogens with zero attached hydrogens (tertiary/aromatic N) is 4. The van der Waals surface area contributed by atoms with E-state index in [0.29, 0.717) is 23.8 Å². The minimum atomic E-state index is 0.00861. The van der Waals surface area contributed by atoms with Crippen LogP contribution in [0.2, 0.25) is 0 Å². The second kappa shape index (κ2) is 5.66. The topological polar surface area (TPSA) is 88.1 Å². The third-order valence-corrected chi connectivity index (χ3v) is 2.83. The molecular formula is C12H17N5O2. The molecule has 1 aromatic heterocycles. The monoisotopic (exact) mass is 263 g/mol. The summed E-state index contributed by atoms with van der Waals surface area (Å²) in [5.41, 5.74) is 7.20. The number of nitrogen functional groups attached to an aromatic ring is 1. The maximum atomic E-state index is 5.81. The number of tetrazole rings is 1. The lowest BCUT2D eigenvalue weighted by Crippen LogP contribution is -2.16. The SMILES string of the molecule is COc1ccc(N)cc1-c1nnnn1CC(C)OC. The molecule has 1 heterocycles. The van der Waals surface area contributed by atoms with Crippen LogP contribution in [0.3, 0.4) is 0 Å². The van der Waals surface area contributed by atoms with Crippen molar-refractivity contribution < 1.29 is 9.47 Å². The molecule has 0 amide bonds. The number of nitrogens with two attached hydrogens (primary N) is 1. The lowest BCUT2D eigenvalue weighted by atomic mass is 10.1. The van der Waals surface area contributed by atoms with E-state index < -0.39 is 0 Å². The lowest BCUT2D eigenvalue weighted by Gasteiger charge is -2.12. The molecule has 0 bridgehead atoms. The Bertz CT molecular complexity index is 555. The average molecular weight is 263 g/mol. The van der Waals surface area contributed by atoms with Crippen molar-refractivity contribution in [2.45, 2.75) is 19.6 Å². The quantitative estimate of drug-likeness (QED) is 0.808. The summed E-state index contributed by atoms with van der Waals surface area (Å²) in [6.07, 6.45) is 0.00861. The molecule has 102 valence electrons. The van der Waals surface area contributed by atoms with Gasteiger partial charge in [-0.1, -0.05) is 0 Å². The molecule has 0 saturated carbocycles. The highest BCUT2D eigenvalue weighted by Gasteiger charge is 2.15.